The van der Waals surface area contributed by atoms with E-state index in [1.54, 1.807) is 6.07 Å². The summed E-state index contributed by atoms with van der Waals surface area (Å²) in [6.45, 7) is 9.06. The molecule has 2 rings (SSSR count). The Hall–Kier alpha value is -1.09. The maximum Gasteiger partial charge on any atom is 0.129 e. The molecular formula is C17H27FN2. The number of benzene rings is 1. The van der Waals surface area contributed by atoms with Gasteiger partial charge in [0.25, 0.3) is 0 Å². The summed E-state index contributed by atoms with van der Waals surface area (Å²) in [5, 5.41) is 3.26. The Morgan fingerprint density at radius 1 is 1.35 bits per heavy atom. The first kappa shape index (κ1) is 15.3. The van der Waals surface area contributed by atoms with Gasteiger partial charge in [-0.2, -0.15) is 0 Å². The van der Waals surface area contributed by atoms with Crippen LogP contribution in [0.2, 0.25) is 0 Å². The molecule has 3 heteroatoms. The lowest BCUT2D eigenvalue weighted by molar-refractivity contribution is 0.562. The molecule has 0 spiro atoms. The molecule has 0 saturated heterocycles. The van der Waals surface area contributed by atoms with E-state index in [1.807, 2.05) is 6.07 Å². The fraction of sp³-hybridized carbons (Fsp3) is 0.647. The van der Waals surface area contributed by atoms with Crippen molar-refractivity contribution in [2.45, 2.75) is 52.6 Å². The molecule has 2 nitrogen and oxygen atoms in total. The maximum absolute atomic E-state index is 14.1. The molecule has 0 atom stereocenters. The van der Waals surface area contributed by atoms with Crippen LogP contribution < -0.4 is 10.2 Å². The second-order valence-corrected chi connectivity index (χ2v) is 6.12. The number of nitrogens with one attached hydrogen (secondary N) is 1. The summed E-state index contributed by atoms with van der Waals surface area (Å²) in [6.07, 6.45) is 3.65. The molecular weight excluding hydrogens is 251 g/mol. The van der Waals surface area contributed by atoms with Gasteiger partial charge in [0.2, 0.25) is 0 Å². The van der Waals surface area contributed by atoms with E-state index in [9.17, 15) is 4.39 Å². The van der Waals surface area contributed by atoms with Crippen molar-refractivity contribution in [1.82, 2.24) is 5.32 Å². The van der Waals surface area contributed by atoms with Gasteiger partial charge in [0.15, 0.2) is 0 Å². The smallest absolute Gasteiger partial charge is 0.129 e. The van der Waals surface area contributed by atoms with Crippen molar-refractivity contribution < 1.29 is 4.39 Å². The summed E-state index contributed by atoms with van der Waals surface area (Å²) in [6, 6.07) is 6.11. The molecule has 0 aromatic heterocycles. The molecule has 1 saturated carbocycles. The molecule has 1 fully saturated rings. The highest BCUT2D eigenvalue weighted by Crippen LogP contribution is 2.35. The summed E-state index contributed by atoms with van der Waals surface area (Å²) in [4.78, 5) is 2.43. The van der Waals surface area contributed by atoms with E-state index in [0.29, 0.717) is 18.5 Å². The first-order valence-electron chi connectivity index (χ1n) is 7.88. The third kappa shape index (κ3) is 3.95. The van der Waals surface area contributed by atoms with Crippen molar-refractivity contribution in [1.29, 1.82) is 0 Å². The van der Waals surface area contributed by atoms with Crippen molar-refractivity contribution >= 4 is 5.69 Å². The lowest BCUT2D eigenvalue weighted by Crippen LogP contribution is -2.30. The van der Waals surface area contributed by atoms with Crippen molar-refractivity contribution in [2.24, 2.45) is 5.92 Å². The highest BCUT2D eigenvalue weighted by atomic mass is 19.1. The molecule has 1 aromatic rings. The van der Waals surface area contributed by atoms with Gasteiger partial charge in [-0.1, -0.05) is 26.8 Å². The lowest BCUT2D eigenvalue weighted by Gasteiger charge is -2.28. The van der Waals surface area contributed by atoms with E-state index < -0.39 is 0 Å². The lowest BCUT2D eigenvalue weighted by atomic mass is 10.1. The molecule has 112 valence electrons. The van der Waals surface area contributed by atoms with Crippen LogP contribution in [0.1, 0.15) is 45.6 Å². The highest BCUT2D eigenvalue weighted by molar-refractivity contribution is 5.56. The van der Waals surface area contributed by atoms with Gasteiger partial charge < -0.3 is 10.2 Å². The van der Waals surface area contributed by atoms with Gasteiger partial charge >= 0.3 is 0 Å². The summed E-state index contributed by atoms with van der Waals surface area (Å²) in [7, 11) is 0. The number of nitrogens with zero attached hydrogens (tertiary/aromatic N) is 1. The van der Waals surface area contributed by atoms with E-state index >= 15 is 0 Å². The Labute approximate surface area is 122 Å². The first-order chi connectivity index (χ1) is 9.63. The molecule has 0 aliphatic heterocycles. The Morgan fingerprint density at radius 3 is 2.70 bits per heavy atom. The van der Waals surface area contributed by atoms with Crippen LogP contribution in [0.5, 0.6) is 0 Å². The molecule has 1 aliphatic carbocycles. The van der Waals surface area contributed by atoms with Crippen LogP contribution in [0.25, 0.3) is 0 Å². The van der Waals surface area contributed by atoms with Crippen LogP contribution in [0, 0.1) is 11.7 Å². The van der Waals surface area contributed by atoms with Crippen LogP contribution in [0.3, 0.4) is 0 Å². The summed E-state index contributed by atoms with van der Waals surface area (Å²) in [5.74, 6) is 0.598. The SMILES string of the molecule is CCNCc1c(F)cccc1N(CCC(C)C)C1CC1. The number of rotatable bonds is 8. The minimum atomic E-state index is -0.0846. The normalized spacial score (nSPS) is 14.8. The second-order valence-electron chi connectivity index (χ2n) is 6.12. The molecule has 20 heavy (non-hydrogen) atoms. The van der Waals surface area contributed by atoms with Crippen molar-refractivity contribution in [3.63, 3.8) is 0 Å². The summed E-state index contributed by atoms with van der Waals surface area (Å²) in [5.41, 5.74) is 1.92. The number of hydrogen-bond donors (Lipinski definition) is 1. The Kier molecular flexibility index (Phi) is 5.41. The average Bonchev–Trinajstić information content (AvgIpc) is 3.22. The quantitative estimate of drug-likeness (QED) is 0.774. The fourth-order valence-corrected chi connectivity index (χ4v) is 2.52. The molecule has 0 amide bonds. The van der Waals surface area contributed by atoms with Gasteiger partial charge in [-0.25, -0.2) is 4.39 Å². The van der Waals surface area contributed by atoms with Crippen LogP contribution in [-0.2, 0) is 6.54 Å². The van der Waals surface area contributed by atoms with Crippen molar-refractivity contribution in [3.8, 4) is 0 Å². The predicted octanol–water partition coefficient (Wildman–Crippen LogP) is 3.95. The van der Waals surface area contributed by atoms with Crippen LogP contribution in [0.4, 0.5) is 10.1 Å². The standard InChI is InChI=1S/C17H27FN2/c1-4-19-12-15-16(18)6-5-7-17(15)20(14-8-9-14)11-10-13(2)3/h5-7,13-14,19H,4,8-12H2,1-3H3. The molecule has 0 heterocycles. The molecule has 1 aromatic carbocycles. The Bertz CT molecular complexity index is 427. The minimum absolute atomic E-state index is 0.0846. The van der Waals surface area contributed by atoms with E-state index in [-0.39, 0.29) is 5.82 Å². The molecule has 1 aliphatic rings. The number of hydrogen-bond acceptors (Lipinski definition) is 2. The van der Waals surface area contributed by atoms with Gasteiger partial charge in [0, 0.05) is 30.4 Å². The van der Waals surface area contributed by atoms with E-state index in [0.717, 1.165) is 30.8 Å². The summed E-state index contributed by atoms with van der Waals surface area (Å²) < 4.78 is 14.1. The van der Waals surface area contributed by atoms with Gasteiger partial charge in [0.1, 0.15) is 5.82 Å². The third-order valence-electron chi connectivity index (χ3n) is 3.89. The molecule has 0 unspecified atom stereocenters. The monoisotopic (exact) mass is 278 g/mol. The van der Waals surface area contributed by atoms with Crippen LogP contribution in [0.15, 0.2) is 18.2 Å². The fourth-order valence-electron chi connectivity index (χ4n) is 2.52. The van der Waals surface area contributed by atoms with Gasteiger partial charge in [-0.3, -0.25) is 0 Å². The first-order valence-corrected chi connectivity index (χ1v) is 7.88. The summed E-state index contributed by atoms with van der Waals surface area (Å²) >= 11 is 0. The third-order valence-corrected chi connectivity index (χ3v) is 3.89. The van der Waals surface area contributed by atoms with E-state index in [4.69, 9.17) is 0 Å². The highest BCUT2D eigenvalue weighted by Gasteiger charge is 2.30. The molecule has 1 N–H and O–H groups in total. The van der Waals surface area contributed by atoms with Crippen LogP contribution >= 0.6 is 0 Å². The van der Waals surface area contributed by atoms with Gasteiger partial charge in [0.05, 0.1) is 0 Å². The van der Waals surface area contributed by atoms with Crippen molar-refractivity contribution in [2.75, 3.05) is 18.0 Å². The number of halogens is 1. The zero-order valence-corrected chi connectivity index (χ0v) is 13.0. The second kappa shape index (κ2) is 7.07. The molecule has 0 bridgehead atoms. The van der Waals surface area contributed by atoms with E-state index in [1.165, 1.54) is 12.8 Å². The number of anilines is 1. The largest absolute Gasteiger partial charge is 0.368 e. The topological polar surface area (TPSA) is 15.3 Å². The van der Waals surface area contributed by atoms with Gasteiger partial charge in [-0.05, 0) is 43.9 Å². The minimum Gasteiger partial charge on any atom is -0.368 e. The van der Waals surface area contributed by atoms with E-state index in [2.05, 4.69) is 37.1 Å². The maximum atomic E-state index is 14.1. The van der Waals surface area contributed by atoms with Crippen LogP contribution in [-0.4, -0.2) is 19.1 Å². The average molecular weight is 278 g/mol. The zero-order valence-electron chi connectivity index (χ0n) is 13.0. The zero-order chi connectivity index (χ0) is 14.5. The Morgan fingerprint density at radius 2 is 2.10 bits per heavy atom. The van der Waals surface area contributed by atoms with Gasteiger partial charge in [-0.15, -0.1) is 0 Å². The molecule has 0 radical (unpaired) electrons. The Balaban J connectivity index is 2.20. The van der Waals surface area contributed by atoms with Crippen molar-refractivity contribution in [3.05, 3.63) is 29.6 Å². The predicted molar refractivity (Wildman–Crippen MR) is 83.6 cm³/mol.